The summed E-state index contributed by atoms with van der Waals surface area (Å²) in [5.41, 5.74) is 1.26. The fourth-order valence-corrected chi connectivity index (χ4v) is 34.0. The third-order valence-corrected chi connectivity index (χ3v) is 42.8. The zero-order chi connectivity index (χ0) is 92.9. The summed E-state index contributed by atoms with van der Waals surface area (Å²) in [7, 11) is -13.2. The van der Waals surface area contributed by atoms with Gasteiger partial charge in [0.05, 0.1) is 33.9 Å². The number of halogens is 6. The molecule has 130 heavy (non-hydrogen) atoms. The van der Waals surface area contributed by atoms with Crippen LogP contribution in [0.5, 0.6) is 34.5 Å². The molecular weight excluding hydrogens is 1860 g/mol. The van der Waals surface area contributed by atoms with Gasteiger partial charge in [-0.25, -0.2) is 0 Å². The van der Waals surface area contributed by atoms with E-state index in [1.165, 1.54) is 23.4 Å². The number of rotatable bonds is 22. The first kappa shape index (κ1) is 103. The SMILES string of the molecule is C.C.C.CC(C)[Si](Oc1c2c(c(O[Si](C(C)C)(C(C)C)C(C)C)c3ncccc13)C(=O)N(Cc1cc(Cl)cc(Cl)c1)C2(O)c1ccc(P(C)(C)=O)cc1)(C(C)C)C(C)C.CP(C)(=O)c1ccc(C2(O)c3c(c(O)c4ncccc4c3O)C(=O)N2Cc2cc(Cl)cc(Cl)c2)cc1.CP(C)(=O)c1ccc(C2c3c(c(O)c4ncccc4c3O)C(=O)N2Cc2cc(Cl)cc(Cl)c2)cc1. The molecule has 0 aliphatic carbocycles. The van der Waals surface area contributed by atoms with Crippen LogP contribution in [0.4, 0.5) is 0 Å². The first-order valence-electron chi connectivity index (χ1n) is 41.7. The molecule has 6 heterocycles. The normalized spacial score (nSPS) is 16.3. The molecule has 3 amide bonds. The highest BCUT2D eigenvalue weighted by Gasteiger charge is 2.59. The van der Waals surface area contributed by atoms with Gasteiger partial charge in [-0.05, 0) is 186 Å². The van der Waals surface area contributed by atoms with Crippen LogP contribution in [0.25, 0.3) is 32.7 Å². The van der Waals surface area contributed by atoms with Crippen LogP contribution in [-0.4, -0.2) is 135 Å². The Kier molecular flexibility index (Phi) is 31.0. The van der Waals surface area contributed by atoms with E-state index in [4.69, 9.17) is 83.4 Å². The molecule has 3 atom stereocenters. The topological polar surface area (TPSA) is 291 Å². The molecule has 3 aliphatic heterocycles. The zero-order valence-electron chi connectivity index (χ0n) is 73.7. The summed E-state index contributed by atoms with van der Waals surface area (Å²) >= 11 is 37.8. The summed E-state index contributed by atoms with van der Waals surface area (Å²) in [6.07, 6.45) is 4.65. The van der Waals surface area contributed by atoms with E-state index in [2.05, 4.69) is 93.1 Å². The maximum atomic E-state index is 15.7. The van der Waals surface area contributed by atoms with Gasteiger partial charge in [-0.3, -0.25) is 39.1 Å². The van der Waals surface area contributed by atoms with Crippen LogP contribution in [-0.2, 0) is 44.8 Å². The Balaban J connectivity index is 0.000000208. The van der Waals surface area contributed by atoms with Crippen LogP contribution >= 0.6 is 91.0 Å². The molecule has 3 aliphatic rings. The molecule has 9 aromatic carbocycles. The van der Waals surface area contributed by atoms with Gasteiger partial charge in [0.2, 0.25) is 0 Å². The van der Waals surface area contributed by atoms with Gasteiger partial charge >= 0.3 is 0 Å². The van der Waals surface area contributed by atoms with Crippen LogP contribution in [0.2, 0.25) is 63.4 Å². The molecule has 0 bridgehead atoms. The van der Waals surface area contributed by atoms with Crippen LogP contribution < -0.4 is 24.8 Å². The van der Waals surface area contributed by atoms with E-state index >= 15 is 4.79 Å². The molecule has 15 rings (SSSR count). The molecule has 0 spiro atoms. The summed E-state index contributed by atoms with van der Waals surface area (Å²) in [4.78, 5) is 60.6. The van der Waals surface area contributed by atoms with E-state index in [9.17, 15) is 53.9 Å². The molecule has 0 saturated carbocycles. The van der Waals surface area contributed by atoms with Crippen LogP contribution in [0.3, 0.4) is 0 Å². The Hall–Kier alpha value is -8.80. The fourth-order valence-electron chi connectivity index (χ4n) is 19.2. The lowest BCUT2D eigenvalue weighted by molar-refractivity contribution is -0.0557. The molecule has 31 heteroatoms. The van der Waals surface area contributed by atoms with Gasteiger partial charge in [0, 0.05) is 117 Å². The number of hydrogen-bond acceptors (Lipinski definition) is 17. The van der Waals surface area contributed by atoms with E-state index in [-0.39, 0.29) is 137 Å². The average Bonchev–Trinajstić information content (AvgIpc) is 1.54. The number of aliphatic hydroxyl groups is 2. The number of pyridine rings is 3. The maximum absolute atomic E-state index is 15.7. The molecule has 0 saturated heterocycles. The van der Waals surface area contributed by atoms with Crippen molar-refractivity contribution in [3.8, 4) is 34.5 Å². The quantitative estimate of drug-likeness (QED) is 0.0209. The van der Waals surface area contributed by atoms with Crippen molar-refractivity contribution in [3.05, 3.63) is 279 Å². The van der Waals surface area contributed by atoms with E-state index in [1.54, 1.807) is 197 Å². The van der Waals surface area contributed by atoms with E-state index in [0.717, 1.165) is 4.90 Å². The second kappa shape index (κ2) is 39.0. The first-order valence-corrected chi connectivity index (χ1v) is 56.0. The number of nitrogens with zero attached hydrogens (tertiary/aromatic N) is 6. The summed E-state index contributed by atoms with van der Waals surface area (Å²) in [5, 5.41) is 76.4. The van der Waals surface area contributed by atoms with Crippen LogP contribution in [0.15, 0.2) is 182 Å². The molecule has 3 aromatic heterocycles. The zero-order valence-corrected chi connectivity index (χ0v) is 82.9. The molecular formula is C99H115Cl6N6O14P3Si2. The average molecular weight is 1970 g/mol. The summed E-state index contributed by atoms with van der Waals surface area (Å²) in [5.74, 6) is -1.98. The van der Waals surface area contributed by atoms with Crippen LogP contribution in [0.1, 0.15) is 193 Å². The van der Waals surface area contributed by atoms with Gasteiger partial charge in [0.15, 0.2) is 22.9 Å². The number of carbonyl (C=O) groups excluding carboxylic acids is 3. The minimum Gasteiger partial charge on any atom is -0.542 e. The molecule has 0 radical (unpaired) electrons. The Bertz CT molecular complexity index is 6430. The number of benzene rings is 9. The van der Waals surface area contributed by atoms with Crippen molar-refractivity contribution < 1.29 is 67.6 Å². The molecule has 3 unspecified atom stereocenters. The van der Waals surface area contributed by atoms with Gasteiger partial charge in [-0.15, -0.1) is 0 Å². The van der Waals surface area contributed by atoms with Crippen molar-refractivity contribution in [3.63, 3.8) is 0 Å². The monoisotopic (exact) mass is 1970 g/mol. The second-order valence-electron chi connectivity index (χ2n) is 35.9. The largest absolute Gasteiger partial charge is 0.542 e. The highest BCUT2D eigenvalue weighted by atomic mass is 35.5. The van der Waals surface area contributed by atoms with E-state index in [1.807, 2.05) is 12.1 Å². The number of carbonyl (C=O) groups is 3. The lowest BCUT2D eigenvalue weighted by atomic mass is 9.90. The second-order valence-corrected chi connectivity index (χ2v) is 58.9. The Labute approximate surface area is 794 Å². The lowest BCUT2D eigenvalue weighted by Gasteiger charge is -2.44. The van der Waals surface area contributed by atoms with Crippen LogP contribution in [0, 0.1) is 0 Å². The summed E-state index contributed by atoms with van der Waals surface area (Å²) < 4.78 is 53.6. The number of fused-ring (bicyclic) bond motifs is 6. The predicted molar refractivity (Wildman–Crippen MR) is 539 cm³/mol. The Morgan fingerprint density at radius 2 is 0.700 bits per heavy atom. The molecule has 690 valence electrons. The number of aromatic nitrogens is 3. The third kappa shape index (κ3) is 18.7. The summed E-state index contributed by atoms with van der Waals surface area (Å²) in [6.45, 7) is 36.6. The minimum atomic E-state index is -2.75. The molecule has 0 fully saturated rings. The Morgan fingerprint density at radius 1 is 0.385 bits per heavy atom. The van der Waals surface area contributed by atoms with Crippen molar-refractivity contribution in [1.29, 1.82) is 0 Å². The lowest BCUT2D eigenvalue weighted by Crippen LogP contribution is -2.51. The molecule has 20 nitrogen and oxygen atoms in total. The van der Waals surface area contributed by atoms with Gasteiger partial charge < -0.3 is 58.1 Å². The van der Waals surface area contributed by atoms with Crippen molar-refractivity contribution in [2.24, 2.45) is 0 Å². The number of aromatic hydroxyl groups is 4. The third-order valence-electron chi connectivity index (χ3n) is 24.9. The number of phenols is 4. The fraction of sp³-hybridized carbons (Fsp3) is 0.333. The standard InChI is InChI=1S/C44H61Cl2N2O5PSi2.C26H21Cl2N2O5P.C26H21Cl2N2O4P.3CH4/c1-26(2)55(27(3)4,28(5)6)52-41-37-16-15-21-47-40(37)42(53-56(29(7)8,30(9)10)31(11)12)38-39(41)44(50,33-17-19-36(20-18-33)54(13,14)51)48(43(38)49)25-32-22-34(45)24-35(46)23-32;1-36(2,35)18-7-5-15(6-8-18)26(34)21-20(24(32)22-19(23(21)31)4-3-9-29-22)25(33)30(26)13-14-10-16(27)12-17(28)11-14;1-35(2,34)18-7-5-15(6-8-18)23-20-21(25(32)22-19(24(20)31)4-3-9-29-22)26(33)30(23)13-14-10-16(27)12-17(28)11-14;;;/h15-24,26-31,50H,25H2,1-14H3;3-12,31-32,34H,13H2,1-2H3;3-12,23,31-32H,13H2,1-2H3;3*1H4. The van der Waals surface area contributed by atoms with Crippen molar-refractivity contribution in [2.45, 2.75) is 176 Å². The minimum absolute atomic E-state index is 0. The van der Waals surface area contributed by atoms with Gasteiger partial charge in [-0.1, -0.05) is 248 Å². The maximum Gasteiger partial charge on any atom is 0.261 e. The van der Waals surface area contributed by atoms with Gasteiger partial charge in [-0.2, -0.15) is 0 Å². The Morgan fingerprint density at radius 3 is 1.07 bits per heavy atom. The van der Waals surface area contributed by atoms with Crippen molar-refractivity contribution in [1.82, 2.24) is 29.7 Å². The highest BCUT2D eigenvalue weighted by Crippen LogP contribution is 2.60. The van der Waals surface area contributed by atoms with Crippen molar-refractivity contribution >= 4 is 174 Å². The molecule has 6 N–H and O–H groups in total. The first-order chi connectivity index (χ1) is 59.4. The number of amides is 3. The molecule has 12 aromatic rings. The van der Waals surface area contributed by atoms with Crippen molar-refractivity contribution in [2.75, 3.05) is 40.0 Å². The smallest absolute Gasteiger partial charge is 0.261 e. The number of hydrogen-bond donors (Lipinski definition) is 6. The predicted octanol–water partition coefficient (Wildman–Crippen LogP) is 25.7. The van der Waals surface area contributed by atoms with Gasteiger partial charge in [0.25, 0.3) is 34.4 Å². The van der Waals surface area contributed by atoms with Gasteiger partial charge in [0.1, 0.15) is 61.0 Å². The summed E-state index contributed by atoms with van der Waals surface area (Å²) in [6, 6.07) is 45.1. The van der Waals surface area contributed by atoms with E-state index in [0.29, 0.717) is 113 Å². The highest BCUT2D eigenvalue weighted by molar-refractivity contribution is 7.70. The number of phenolic OH excluding ortho intramolecular Hbond substituents is 4. The van der Waals surface area contributed by atoms with E-state index < -0.39 is 79.0 Å².